The largest absolute Gasteiger partial charge is 0.475 e. The van der Waals surface area contributed by atoms with Crippen LogP contribution in [0.1, 0.15) is 16.3 Å². The molecule has 104 valence electrons. The fraction of sp³-hybridized carbons (Fsp3) is 0.0833. The van der Waals surface area contributed by atoms with Crippen molar-refractivity contribution in [3.63, 3.8) is 0 Å². The first-order valence-corrected chi connectivity index (χ1v) is 6.42. The van der Waals surface area contributed by atoms with Crippen LogP contribution in [0, 0.1) is 6.92 Å². The van der Waals surface area contributed by atoms with Crippen LogP contribution in [-0.2, 0) is 0 Å². The summed E-state index contributed by atoms with van der Waals surface area (Å²) < 4.78 is 5.52. The summed E-state index contributed by atoms with van der Waals surface area (Å²) in [4.78, 5) is 18.2. The van der Waals surface area contributed by atoms with E-state index in [1.807, 2.05) is 0 Å². The Morgan fingerprint density at radius 1 is 1.25 bits per heavy atom. The van der Waals surface area contributed by atoms with Gasteiger partial charge in [0.05, 0.1) is 10.7 Å². The van der Waals surface area contributed by atoms with Crippen LogP contribution in [0.2, 0.25) is 15.2 Å². The number of aromatic nitrogens is 2. The highest BCUT2D eigenvalue weighted by Crippen LogP contribution is 2.35. The molecule has 20 heavy (non-hydrogen) atoms. The molecule has 0 saturated carbocycles. The van der Waals surface area contributed by atoms with Gasteiger partial charge in [0.25, 0.3) is 0 Å². The van der Waals surface area contributed by atoms with Gasteiger partial charge in [-0.05, 0) is 25.1 Å². The third kappa shape index (κ3) is 3.12. The Morgan fingerprint density at radius 2 is 1.95 bits per heavy atom. The first kappa shape index (κ1) is 14.8. The van der Waals surface area contributed by atoms with Crippen molar-refractivity contribution in [3.05, 3.63) is 44.9 Å². The molecular formula is C12H7Cl3N2O3. The van der Waals surface area contributed by atoms with Crippen molar-refractivity contribution in [3.8, 4) is 11.5 Å². The molecule has 1 aromatic carbocycles. The highest BCUT2D eigenvalue weighted by atomic mass is 35.5. The van der Waals surface area contributed by atoms with Crippen LogP contribution in [-0.4, -0.2) is 21.0 Å². The van der Waals surface area contributed by atoms with Crippen LogP contribution < -0.4 is 4.74 Å². The van der Waals surface area contributed by atoms with Gasteiger partial charge in [-0.2, -0.15) is 0 Å². The summed E-state index contributed by atoms with van der Waals surface area (Å²) in [5, 5.41) is 9.47. The number of aromatic carboxylic acids is 1. The lowest BCUT2D eigenvalue weighted by atomic mass is 10.3. The van der Waals surface area contributed by atoms with E-state index in [4.69, 9.17) is 44.6 Å². The number of carboxylic acids is 1. The van der Waals surface area contributed by atoms with E-state index in [9.17, 15) is 4.79 Å². The zero-order chi connectivity index (χ0) is 14.9. The summed E-state index contributed by atoms with van der Waals surface area (Å²) >= 11 is 17.7. The monoisotopic (exact) mass is 332 g/mol. The van der Waals surface area contributed by atoms with Gasteiger partial charge < -0.3 is 9.84 Å². The maximum atomic E-state index is 10.8. The molecule has 2 aromatic rings. The molecule has 0 bridgehead atoms. The van der Waals surface area contributed by atoms with Crippen molar-refractivity contribution < 1.29 is 14.6 Å². The summed E-state index contributed by atoms with van der Waals surface area (Å²) in [5.41, 5.74) is 0.286. The van der Waals surface area contributed by atoms with E-state index >= 15 is 0 Å². The maximum absolute atomic E-state index is 10.8. The molecule has 0 aliphatic heterocycles. The minimum absolute atomic E-state index is 0.110. The van der Waals surface area contributed by atoms with Gasteiger partial charge in [0, 0.05) is 5.02 Å². The zero-order valence-electron chi connectivity index (χ0n) is 10.0. The van der Waals surface area contributed by atoms with Gasteiger partial charge in [0.15, 0.2) is 10.9 Å². The van der Waals surface area contributed by atoms with Crippen LogP contribution in [0.4, 0.5) is 0 Å². The molecule has 1 N–H and O–H groups in total. The van der Waals surface area contributed by atoms with E-state index in [0.717, 1.165) is 0 Å². The highest BCUT2D eigenvalue weighted by molar-refractivity contribution is 6.35. The Hall–Kier alpha value is -1.56. The van der Waals surface area contributed by atoms with Gasteiger partial charge in [0.1, 0.15) is 5.75 Å². The molecule has 0 aliphatic rings. The number of hydrogen-bond acceptors (Lipinski definition) is 4. The normalized spacial score (nSPS) is 10.4. The van der Waals surface area contributed by atoms with Crippen LogP contribution in [0.3, 0.4) is 0 Å². The molecule has 0 atom stereocenters. The fourth-order valence-corrected chi connectivity index (χ4v) is 2.11. The molecule has 1 heterocycles. The molecule has 5 nitrogen and oxygen atoms in total. The van der Waals surface area contributed by atoms with Gasteiger partial charge >= 0.3 is 5.97 Å². The predicted octanol–water partition coefficient (Wildman–Crippen LogP) is 4.24. The SMILES string of the molecule is Cc1nc(C(=O)O)nc(Cl)c1Oc1ccc(Cl)cc1Cl. The van der Waals surface area contributed by atoms with Gasteiger partial charge in [-0.1, -0.05) is 34.8 Å². The lowest BCUT2D eigenvalue weighted by molar-refractivity contribution is 0.0683. The average molecular weight is 334 g/mol. The summed E-state index contributed by atoms with van der Waals surface area (Å²) in [6.07, 6.45) is 0. The van der Waals surface area contributed by atoms with Crippen LogP contribution in [0.25, 0.3) is 0 Å². The number of ether oxygens (including phenoxy) is 1. The average Bonchev–Trinajstić information content (AvgIpc) is 2.35. The molecule has 0 aliphatic carbocycles. The molecule has 0 amide bonds. The Labute approximate surface area is 129 Å². The highest BCUT2D eigenvalue weighted by Gasteiger charge is 2.17. The first-order valence-electron chi connectivity index (χ1n) is 5.29. The van der Waals surface area contributed by atoms with Gasteiger partial charge in [-0.15, -0.1) is 0 Å². The Bertz CT molecular complexity index is 669. The number of aryl methyl sites for hydroxylation is 1. The maximum Gasteiger partial charge on any atom is 0.373 e. The molecule has 1 aromatic heterocycles. The fourth-order valence-electron chi connectivity index (χ4n) is 1.41. The number of nitrogens with zero attached hydrogens (tertiary/aromatic N) is 2. The third-order valence-corrected chi connectivity index (χ3v) is 3.08. The molecule has 2 rings (SSSR count). The molecule has 0 saturated heterocycles. The van der Waals surface area contributed by atoms with E-state index in [1.54, 1.807) is 19.1 Å². The van der Waals surface area contributed by atoms with Crippen molar-refractivity contribution in [1.82, 2.24) is 9.97 Å². The van der Waals surface area contributed by atoms with Gasteiger partial charge in [-0.3, -0.25) is 0 Å². The number of carboxylic acid groups (broad SMARTS) is 1. The lowest BCUT2D eigenvalue weighted by Crippen LogP contribution is -2.07. The van der Waals surface area contributed by atoms with E-state index in [1.165, 1.54) is 6.07 Å². The van der Waals surface area contributed by atoms with Crippen molar-refractivity contribution in [2.45, 2.75) is 6.92 Å². The summed E-state index contributed by atoms with van der Waals surface area (Å²) in [7, 11) is 0. The van der Waals surface area contributed by atoms with E-state index < -0.39 is 11.8 Å². The standard InChI is InChI=1S/C12H7Cl3N2O3/c1-5-9(10(15)17-11(16-5)12(18)19)20-8-3-2-6(13)4-7(8)14/h2-4H,1H3,(H,18,19). The summed E-state index contributed by atoms with van der Waals surface area (Å²) in [5.74, 6) is -1.22. The second kappa shape index (κ2) is 5.83. The van der Waals surface area contributed by atoms with Crippen molar-refractivity contribution >= 4 is 40.8 Å². The van der Waals surface area contributed by atoms with Gasteiger partial charge in [0.2, 0.25) is 5.82 Å². The van der Waals surface area contributed by atoms with Crippen molar-refractivity contribution in [2.75, 3.05) is 0 Å². The third-order valence-electron chi connectivity index (χ3n) is 2.29. The smallest absolute Gasteiger partial charge is 0.373 e. The molecule has 0 radical (unpaired) electrons. The number of carbonyl (C=O) groups is 1. The minimum atomic E-state index is -1.27. The second-order valence-corrected chi connectivity index (χ2v) is 4.94. The number of rotatable bonds is 3. The molecule has 0 spiro atoms. The van der Waals surface area contributed by atoms with Crippen LogP contribution >= 0.6 is 34.8 Å². The predicted molar refractivity (Wildman–Crippen MR) is 75.3 cm³/mol. The summed E-state index contributed by atoms with van der Waals surface area (Å²) in [6.45, 7) is 1.55. The Balaban J connectivity index is 2.41. The first-order chi connectivity index (χ1) is 9.38. The van der Waals surface area contributed by atoms with E-state index in [-0.39, 0.29) is 21.6 Å². The van der Waals surface area contributed by atoms with Crippen molar-refractivity contribution in [1.29, 1.82) is 0 Å². The Kier molecular flexibility index (Phi) is 4.32. The summed E-state index contributed by atoms with van der Waals surface area (Å²) in [6, 6.07) is 4.66. The zero-order valence-corrected chi connectivity index (χ0v) is 12.3. The number of halogens is 3. The van der Waals surface area contributed by atoms with E-state index in [2.05, 4.69) is 9.97 Å². The Morgan fingerprint density at radius 3 is 2.50 bits per heavy atom. The molecule has 8 heteroatoms. The van der Waals surface area contributed by atoms with Gasteiger partial charge in [-0.25, -0.2) is 14.8 Å². The number of hydrogen-bond donors (Lipinski definition) is 1. The van der Waals surface area contributed by atoms with Crippen LogP contribution in [0.15, 0.2) is 18.2 Å². The van der Waals surface area contributed by atoms with Crippen molar-refractivity contribution in [2.24, 2.45) is 0 Å². The second-order valence-electron chi connectivity index (χ2n) is 3.73. The van der Waals surface area contributed by atoms with Crippen LogP contribution in [0.5, 0.6) is 11.5 Å². The lowest BCUT2D eigenvalue weighted by Gasteiger charge is -2.11. The molecule has 0 fully saturated rings. The topological polar surface area (TPSA) is 72.3 Å². The quantitative estimate of drug-likeness (QED) is 0.851. The van der Waals surface area contributed by atoms with E-state index in [0.29, 0.717) is 10.8 Å². The molecule has 0 unspecified atom stereocenters. The number of benzene rings is 1. The minimum Gasteiger partial charge on any atom is -0.475 e. The molecular weight excluding hydrogens is 327 g/mol.